The number of hydrogen-bond donors (Lipinski definition) is 3. The number of anilines is 1. The Kier molecular flexibility index (Phi) is 2.76. The number of amides is 1. The van der Waals surface area contributed by atoms with Gasteiger partial charge in [0.15, 0.2) is 5.82 Å². The third kappa shape index (κ3) is 2.13. The molecule has 3 N–H and O–H groups in total. The zero-order chi connectivity index (χ0) is 11.5. The summed E-state index contributed by atoms with van der Waals surface area (Å²) >= 11 is 0. The van der Waals surface area contributed by atoms with E-state index in [4.69, 9.17) is 0 Å². The highest BCUT2D eigenvalue weighted by atomic mass is 16.1. The van der Waals surface area contributed by atoms with Gasteiger partial charge >= 0.3 is 0 Å². The van der Waals surface area contributed by atoms with Gasteiger partial charge in [-0.3, -0.25) is 9.89 Å². The largest absolute Gasteiger partial charge is 0.357 e. The molecule has 0 spiro atoms. The number of carbonyl (C=O) groups excluding carboxylic acids is 1. The predicted octanol–water partition coefficient (Wildman–Crippen LogP) is 2.11. The van der Waals surface area contributed by atoms with Crippen molar-refractivity contribution in [3.05, 3.63) is 35.8 Å². The fourth-order valence-electron chi connectivity index (χ4n) is 1.35. The Morgan fingerprint density at radius 2 is 2.31 bits per heavy atom. The summed E-state index contributed by atoms with van der Waals surface area (Å²) in [4.78, 5) is 14.5. The van der Waals surface area contributed by atoms with Gasteiger partial charge in [0.2, 0.25) is 0 Å². The van der Waals surface area contributed by atoms with E-state index in [0.717, 1.165) is 5.69 Å². The molecule has 0 fully saturated rings. The molecular weight excluding hydrogens is 204 g/mol. The molecule has 0 bridgehead atoms. The minimum atomic E-state index is -0.188. The lowest BCUT2D eigenvalue weighted by Crippen LogP contribution is -2.12. The minimum Gasteiger partial charge on any atom is -0.357 e. The van der Waals surface area contributed by atoms with Crippen LogP contribution in [-0.4, -0.2) is 21.1 Å². The van der Waals surface area contributed by atoms with E-state index in [0.29, 0.717) is 17.4 Å². The van der Waals surface area contributed by atoms with Crippen molar-refractivity contribution >= 4 is 11.7 Å². The monoisotopic (exact) mass is 218 g/mol. The average Bonchev–Trinajstić information content (AvgIpc) is 2.87. The smallest absolute Gasteiger partial charge is 0.273 e. The Bertz CT molecular complexity index is 470. The molecule has 5 heteroatoms. The van der Waals surface area contributed by atoms with E-state index in [-0.39, 0.29) is 5.91 Å². The van der Waals surface area contributed by atoms with Gasteiger partial charge in [-0.25, -0.2) is 0 Å². The summed E-state index contributed by atoms with van der Waals surface area (Å²) in [6.45, 7) is 4.12. The molecule has 84 valence electrons. The SMILES string of the molecule is CC(C)c1cc(NC(=O)c2ccc[nH]2)n[nH]1. The highest BCUT2D eigenvalue weighted by Gasteiger charge is 2.09. The van der Waals surface area contributed by atoms with Crippen LogP contribution in [0.25, 0.3) is 0 Å². The Morgan fingerprint density at radius 1 is 1.50 bits per heavy atom. The van der Waals surface area contributed by atoms with Crippen molar-refractivity contribution in [3.63, 3.8) is 0 Å². The van der Waals surface area contributed by atoms with Gasteiger partial charge in [-0.2, -0.15) is 5.10 Å². The number of rotatable bonds is 3. The number of nitrogens with one attached hydrogen (secondary N) is 3. The molecule has 2 heterocycles. The molecule has 0 saturated carbocycles. The van der Waals surface area contributed by atoms with E-state index in [1.54, 1.807) is 18.3 Å². The van der Waals surface area contributed by atoms with E-state index in [1.807, 2.05) is 6.07 Å². The molecule has 2 rings (SSSR count). The molecule has 0 unspecified atom stereocenters. The van der Waals surface area contributed by atoms with E-state index in [9.17, 15) is 4.79 Å². The molecule has 5 nitrogen and oxygen atoms in total. The number of hydrogen-bond acceptors (Lipinski definition) is 2. The predicted molar refractivity (Wildman–Crippen MR) is 61.4 cm³/mol. The van der Waals surface area contributed by atoms with E-state index in [2.05, 4.69) is 34.3 Å². The van der Waals surface area contributed by atoms with E-state index < -0.39 is 0 Å². The molecule has 1 amide bonds. The molecule has 0 saturated heterocycles. The molecule has 2 aromatic heterocycles. The van der Waals surface area contributed by atoms with Crippen LogP contribution in [0.4, 0.5) is 5.82 Å². The summed E-state index contributed by atoms with van der Waals surface area (Å²) in [6.07, 6.45) is 1.71. The number of aromatic nitrogens is 3. The Morgan fingerprint density at radius 3 is 2.88 bits per heavy atom. The molecule has 0 aliphatic heterocycles. The fourth-order valence-corrected chi connectivity index (χ4v) is 1.35. The Balaban J connectivity index is 2.07. The van der Waals surface area contributed by atoms with Gasteiger partial charge in [-0.05, 0) is 18.1 Å². The van der Waals surface area contributed by atoms with Gasteiger partial charge in [0.1, 0.15) is 5.69 Å². The van der Waals surface area contributed by atoms with Crippen LogP contribution in [0.2, 0.25) is 0 Å². The quantitative estimate of drug-likeness (QED) is 0.738. The first kappa shape index (κ1) is 10.5. The van der Waals surface area contributed by atoms with Crippen LogP contribution in [-0.2, 0) is 0 Å². The minimum absolute atomic E-state index is 0.188. The highest BCUT2D eigenvalue weighted by Crippen LogP contribution is 2.15. The maximum Gasteiger partial charge on any atom is 0.273 e. The van der Waals surface area contributed by atoms with Crippen LogP contribution in [0.15, 0.2) is 24.4 Å². The van der Waals surface area contributed by atoms with E-state index in [1.165, 1.54) is 0 Å². The molecule has 2 aromatic rings. The number of H-pyrrole nitrogens is 2. The van der Waals surface area contributed by atoms with Gasteiger partial charge in [-0.15, -0.1) is 0 Å². The zero-order valence-corrected chi connectivity index (χ0v) is 9.24. The Hall–Kier alpha value is -2.04. The van der Waals surface area contributed by atoms with Crippen LogP contribution in [0.3, 0.4) is 0 Å². The third-order valence-corrected chi connectivity index (χ3v) is 2.30. The van der Waals surface area contributed by atoms with Gasteiger partial charge in [-0.1, -0.05) is 13.8 Å². The summed E-state index contributed by atoms with van der Waals surface area (Å²) in [5, 5.41) is 9.60. The average molecular weight is 218 g/mol. The van der Waals surface area contributed by atoms with Gasteiger partial charge < -0.3 is 10.3 Å². The van der Waals surface area contributed by atoms with Crippen LogP contribution >= 0.6 is 0 Å². The normalized spacial score (nSPS) is 10.7. The number of nitrogens with zero attached hydrogens (tertiary/aromatic N) is 1. The first-order chi connectivity index (χ1) is 7.66. The third-order valence-electron chi connectivity index (χ3n) is 2.30. The van der Waals surface area contributed by atoms with Crippen molar-refractivity contribution in [1.82, 2.24) is 15.2 Å². The molecule has 0 aliphatic carbocycles. The molecule has 0 aliphatic rings. The van der Waals surface area contributed by atoms with Crippen molar-refractivity contribution in [2.45, 2.75) is 19.8 Å². The Labute approximate surface area is 93.3 Å². The lowest BCUT2D eigenvalue weighted by molar-refractivity contribution is 0.102. The maximum absolute atomic E-state index is 11.7. The van der Waals surface area contributed by atoms with Crippen LogP contribution < -0.4 is 5.32 Å². The second-order valence-electron chi connectivity index (χ2n) is 3.90. The summed E-state index contributed by atoms with van der Waals surface area (Å²) in [5.74, 6) is 0.721. The fraction of sp³-hybridized carbons (Fsp3) is 0.273. The lowest BCUT2D eigenvalue weighted by Gasteiger charge is -1.98. The number of carbonyl (C=O) groups is 1. The second kappa shape index (κ2) is 4.22. The van der Waals surface area contributed by atoms with Gasteiger partial charge in [0.25, 0.3) is 5.91 Å². The van der Waals surface area contributed by atoms with E-state index >= 15 is 0 Å². The number of aromatic amines is 2. The molecule has 0 atom stereocenters. The van der Waals surface area contributed by atoms with Crippen molar-refractivity contribution in [3.8, 4) is 0 Å². The van der Waals surface area contributed by atoms with Crippen molar-refractivity contribution < 1.29 is 4.79 Å². The summed E-state index contributed by atoms with van der Waals surface area (Å²) in [6, 6.07) is 5.33. The first-order valence-electron chi connectivity index (χ1n) is 5.17. The van der Waals surface area contributed by atoms with Crippen molar-refractivity contribution in [2.75, 3.05) is 5.32 Å². The van der Waals surface area contributed by atoms with Gasteiger partial charge in [0, 0.05) is 18.0 Å². The lowest BCUT2D eigenvalue weighted by atomic mass is 10.1. The topological polar surface area (TPSA) is 73.6 Å². The summed E-state index contributed by atoms with van der Waals surface area (Å²) in [7, 11) is 0. The van der Waals surface area contributed by atoms with Gasteiger partial charge in [0.05, 0.1) is 0 Å². The zero-order valence-electron chi connectivity index (χ0n) is 9.24. The molecular formula is C11H14N4O. The van der Waals surface area contributed by atoms with Crippen LogP contribution in [0.1, 0.15) is 35.9 Å². The van der Waals surface area contributed by atoms with Crippen LogP contribution in [0, 0.1) is 0 Å². The molecule has 16 heavy (non-hydrogen) atoms. The van der Waals surface area contributed by atoms with Crippen LogP contribution in [0.5, 0.6) is 0 Å². The second-order valence-corrected chi connectivity index (χ2v) is 3.90. The summed E-state index contributed by atoms with van der Waals surface area (Å²) in [5.41, 5.74) is 1.52. The summed E-state index contributed by atoms with van der Waals surface area (Å²) < 4.78 is 0. The highest BCUT2D eigenvalue weighted by molar-refractivity contribution is 6.02. The standard InChI is InChI=1S/C11H14N4O/c1-7(2)9-6-10(15-14-9)13-11(16)8-4-3-5-12-8/h3-7,12H,1-2H3,(H2,13,14,15,16). The maximum atomic E-state index is 11.7. The molecule has 0 radical (unpaired) electrons. The first-order valence-corrected chi connectivity index (χ1v) is 5.17. The van der Waals surface area contributed by atoms with Crippen molar-refractivity contribution in [1.29, 1.82) is 0 Å². The van der Waals surface area contributed by atoms with Crippen molar-refractivity contribution in [2.24, 2.45) is 0 Å². The molecule has 0 aromatic carbocycles.